The van der Waals surface area contributed by atoms with Crippen molar-refractivity contribution in [3.63, 3.8) is 0 Å². The zero-order valence-corrected chi connectivity index (χ0v) is 11.6. The molecule has 0 rings (SSSR count). The highest BCUT2D eigenvalue weighted by molar-refractivity contribution is 5.76. The first-order chi connectivity index (χ1) is 7.37. The molecule has 1 amide bonds. The second-order valence-corrected chi connectivity index (χ2v) is 5.45. The molecular formula is C13H28N2O. The van der Waals surface area contributed by atoms with E-state index in [1.807, 2.05) is 11.9 Å². The highest BCUT2D eigenvalue weighted by Gasteiger charge is 2.11. The van der Waals surface area contributed by atoms with Gasteiger partial charge in [0, 0.05) is 32.1 Å². The van der Waals surface area contributed by atoms with Gasteiger partial charge in [-0.2, -0.15) is 0 Å². The molecule has 0 fully saturated rings. The fourth-order valence-electron chi connectivity index (χ4n) is 1.46. The second kappa shape index (κ2) is 7.66. The van der Waals surface area contributed by atoms with E-state index in [4.69, 9.17) is 0 Å². The van der Waals surface area contributed by atoms with E-state index in [1.165, 1.54) is 12.8 Å². The van der Waals surface area contributed by atoms with E-state index in [0.717, 1.165) is 19.5 Å². The Kier molecular flexibility index (Phi) is 7.39. The molecule has 0 atom stereocenters. The van der Waals surface area contributed by atoms with Crippen molar-refractivity contribution >= 4 is 5.91 Å². The Morgan fingerprint density at radius 2 is 1.88 bits per heavy atom. The number of amides is 1. The first-order valence-corrected chi connectivity index (χ1v) is 6.36. The van der Waals surface area contributed by atoms with Crippen molar-refractivity contribution in [1.82, 2.24) is 10.2 Å². The SMILES string of the molecule is CCCCCN(C)C(=O)CCNC(C)(C)C. The van der Waals surface area contributed by atoms with Gasteiger partial charge in [0.2, 0.25) is 5.91 Å². The Morgan fingerprint density at radius 3 is 2.38 bits per heavy atom. The van der Waals surface area contributed by atoms with Crippen LogP contribution in [0.15, 0.2) is 0 Å². The maximum absolute atomic E-state index is 11.7. The molecule has 0 saturated heterocycles. The van der Waals surface area contributed by atoms with Crippen LogP contribution in [-0.4, -0.2) is 36.5 Å². The molecule has 3 heteroatoms. The Balaban J connectivity index is 3.63. The lowest BCUT2D eigenvalue weighted by molar-refractivity contribution is -0.129. The van der Waals surface area contributed by atoms with E-state index in [2.05, 4.69) is 33.0 Å². The third-order valence-corrected chi connectivity index (χ3v) is 2.52. The second-order valence-electron chi connectivity index (χ2n) is 5.45. The molecule has 0 spiro atoms. The minimum atomic E-state index is 0.0983. The average molecular weight is 228 g/mol. The van der Waals surface area contributed by atoms with Crippen LogP contribution in [0.2, 0.25) is 0 Å². The lowest BCUT2D eigenvalue weighted by atomic mass is 10.1. The van der Waals surface area contributed by atoms with E-state index in [1.54, 1.807) is 0 Å². The molecule has 0 aromatic heterocycles. The molecular weight excluding hydrogens is 200 g/mol. The minimum Gasteiger partial charge on any atom is -0.346 e. The van der Waals surface area contributed by atoms with Gasteiger partial charge >= 0.3 is 0 Å². The summed E-state index contributed by atoms with van der Waals surface area (Å²) < 4.78 is 0. The molecule has 0 aliphatic heterocycles. The summed E-state index contributed by atoms with van der Waals surface area (Å²) in [5.41, 5.74) is 0.0983. The Labute approximate surface area is 101 Å². The normalized spacial score (nSPS) is 11.6. The monoisotopic (exact) mass is 228 g/mol. The number of nitrogens with one attached hydrogen (secondary N) is 1. The zero-order valence-electron chi connectivity index (χ0n) is 11.6. The first-order valence-electron chi connectivity index (χ1n) is 6.36. The number of unbranched alkanes of at least 4 members (excludes halogenated alkanes) is 2. The predicted octanol–water partition coefficient (Wildman–Crippen LogP) is 2.41. The fraction of sp³-hybridized carbons (Fsp3) is 0.923. The van der Waals surface area contributed by atoms with Crippen molar-refractivity contribution in [2.75, 3.05) is 20.1 Å². The van der Waals surface area contributed by atoms with Crippen LogP contribution in [0.5, 0.6) is 0 Å². The summed E-state index contributed by atoms with van der Waals surface area (Å²) in [5.74, 6) is 0.243. The molecule has 0 aromatic carbocycles. The van der Waals surface area contributed by atoms with Crippen LogP contribution >= 0.6 is 0 Å². The van der Waals surface area contributed by atoms with E-state index in [0.29, 0.717) is 6.42 Å². The van der Waals surface area contributed by atoms with Crippen LogP contribution in [0, 0.1) is 0 Å². The summed E-state index contributed by atoms with van der Waals surface area (Å²) in [6, 6.07) is 0. The molecule has 16 heavy (non-hydrogen) atoms. The van der Waals surface area contributed by atoms with Crippen molar-refractivity contribution in [3.05, 3.63) is 0 Å². The summed E-state index contributed by atoms with van der Waals surface area (Å²) in [6.07, 6.45) is 4.12. The van der Waals surface area contributed by atoms with Gasteiger partial charge in [-0.3, -0.25) is 4.79 Å². The highest BCUT2D eigenvalue weighted by atomic mass is 16.2. The average Bonchev–Trinajstić information content (AvgIpc) is 2.15. The van der Waals surface area contributed by atoms with Crippen molar-refractivity contribution in [2.45, 2.75) is 58.9 Å². The van der Waals surface area contributed by atoms with Crippen LogP contribution in [0.4, 0.5) is 0 Å². The summed E-state index contributed by atoms with van der Waals surface area (Å²) in [6.45, 7) is 10.2. The smallest absolute Gasteiger partial charge is 0.223 e. The summed E-state index contributed by atoms with van der Waals surface area (Å²) in [5, 5.41) is 3.33. The van der Waals surface area contributed by atoms with Crippen LogP contribution in [0.3, 0.4) is 0 Å². The minimum absolute atomic E-state index is 0.0983. The maximum Gasteiger partial charge on any atom is 0.223 e. The van der Waals surface area contributed by atoms with Crippen molar-refractivity contribution < 1.29 is 4.79 Å². The molecule has 0 aromatic rings. The number of carbonyl (C=O) groups is 1. The number of rotatable bonds is 7. The molecule has 3 nitrogen and oxygen atoms in total. The quantitative estimate of drug-likeness (QED) is 0.679. The van der Waals surface area contributed by atoms with Gasteiger partial charge in [0.15, 0.2) is 0 Å². The molecule has 0 aliphatic carbocycles. The largest absolute Gasteiger partial charge is 0.346 e. The third kappa shape index (κ3) is 8.72. The lowest BCUT2D eigenvalue weighted by Gasteiger charge is -2.22. The molecule has 0 radical (unpaired) electrons. The number of hydrogen-bond acceptors (Lipinski definition) is 2. The maximum atomic E-state index is 11.7. The van der Waals surface area contributed by atoms with Crippen molar-refractivity contribution in [1.29, 1.82) is 0 Å². The van der Waals surface area contributed by atoms with Gasteiger partial charge < -0.3 is 10.2 Å². The third-order valence-electron chi connectivity index (χ3n) is 2.52. The molecule has 1 N–H and O–H groups in total. The van der Waals surface area contributed by atoms with Gasteiger partial charge in [0.1, 0.15) is 0 Å². The van der Waals surface area contributed by atoms with Gasteiger partial charge in [0.25, 0.3) is 0 Å². The standard InChI is InChI=1S/C13H28N2O/c1-6-7-8-11-15(5)12(16)9-10-14-13(2,3)4/h14H,6-11H2,1-5H3. The fourth-order valence-corrected chi connectivity index (χ4v) is 1.46. The number of hydrogen-bond donors (Lipinski definition) is 1. The highest BCUT2D eigenvalue weighted by Crippen LogP contribution is 2.01. The lowest BCUT2D eigenvalue weighted by Crippen LogP contribution is -2.39. The summed E-state index contributed by atoms with van der Waals surface area (Å²) >= 11 is 0. The van der Waals surface area contributed by atoms with E-state index in [9.17, 15) is 4.79 Å². The zero-order chi connectivity index (χ0) is 12.6. The molecule has 0 heterocycles. The van der Waals surface area contributed by atoms with Crippen LogP contribution in [-0.2, 0) is 4.79 Å². The van der Waals surface area contributed by atoms with Crippen LogP contribution in [0.1, 0.15) is 53.4 Å². The van der Waals surface area contributed by atoms with Crippen molar-refractivity contribution in [3.8, 4) is 0 Å². The molecule has 0 saturated carbocycles. The Morgan fingerprint density at radius 1 is 1.25 bits per heavy atom. The van der Waals surface area contributed by atoms with Crippen LogP contribution in [0.25, 0.3) is 0 Å². The first kappa shape index (κ1) is 15.4. The van der Waals surface area contributed by atoms with E-state index < -0.39 is 0 Å². The molecule has 0 unspecified atom stereocenters. The predicted molar refractivity (Wildman–Crippen MR) is 69.5 cm³/mol. The van der Waals surface area contributed by atoms with Gasteiger partial charge in [0.05, 0.1) is 0 Å². The molecule has 0 bridgehead atoms. The summed E-state index contributed by atoms with van der Waals surface area (Å²) in [4.78, 5) is 13.6. The van der Waals surface area contributed by atoms with Gasteiger partial charge in [-0.25, -0.2) is 0 Å². The van der Waals surface area contributed by atoms with Gasteiger partial charge in [-0.05, 0) is 27.2 Å². The van der Waals surface area contributed by atoms with E-state index >= 15 is 0 Å². The van der Waals surface area contributed by atoms with Gasteiger partial charge in [-0.1, -0.05) is 19.8 Å². The topological polar surface area (TPSA) is 32.3 Å². The number of carbonyl (C=O) groups excluding carboxylic acids is 1. The molecule has 96 valence electrons. The number of nitrogens with zero attached hydrogens (tertiary/aromatic N) is 1. The van der Waals surface area contributed by atoms with Crippen molar-refractivity contribution in [2.24, 2.45) is 0 Å². The van der Waals surface area contributed by atoms with Crippen LogP contribution < -0.4 is 5.32 Å². The molecule has 0 aliphatic rings. The Hall–Kier alpha value is -0.570. The summed E-state index contributed by atoms with van der Waals surface area (Å²) in [7, 11) is 1.90. The van der Waals surface area contributed by atoms with E-state index in [-0.39, 0.29) is 11.4 Å². The van der Waals surface area contributed by atoms with Gasteiger partial charge in [-0.15, -0.1) is 0 Å². The Bertz CT molecular complexity index is 197.